The fraction of sp³-hybridized carbons (Fsp3) is 0.375. The Morgan fingerprint density at radius 2 is 1.61 bits per heavy atom. The topological polar surface area (TPSA) is 105 Å². The monoisotopic (exact) mass is 426 g/mol. The normalized spacial score (nSPS) is 12.7. The number of benzene rings is 2. The van der Waals surface area contributed by atoms with Crippen LogP contribution >= 0.6 is 0 Å². The van der Waals surface area contributed by atoms with Crippen molar-refractivity contribution in [2.45, 2.75) is 52.8 Å². The summed E-state index contributed by atoms with van der Waals surface area (Å²) in [5, 5.41) is 14.7. The molecule has 0 spiro atoms. The highest BCUT2D eigenvalue weighted by Gasteiger charge is 2.29. The van der Waals surface area contributed by atoms with E-state index in [0.717, 1.165) is 22.3 Å². The van der Waals surface area contributed by atoms with Gasteiger partial charge in [-0.2, -0.15) is 0 Å². The van der Waals surface area contributed by atoms with Crippen molar-refractivity contribution < 1.29 is 24.2 Å². The highest BCUT2D eigenvalue weighted by Crippen LogP contribution is 2.12. The molecule has 7 heteroatoms. The molecule has 0 aliphatic rings. The van der Waals surface area contributed by atoms with Crippen molar-refractivity contribution >= 4 is 18.0 Å². The van der Waals surface area contributed by atoms with Crippen molar-refractivity contribution in [3.05, 3.63) is 70.8 Å². The molecule has 166 valence electrons. The van der Waals surface area contributed by atoms with Gasteiger partial charge in [-0.1, -0.05) is 62.4 Å². The molecule has 2 rings (SSSR count). The van der Waals surface area contributed by atoms with Crippen LogP contribution in [0.4, 0.5) is 4.79 Å². The number of hydrogen-bond acceptors (Lipinski definition) is 4. The molecule has 0 bridgehead atoms. The van der Waals surface area contributed by atoms with Crippen LogP contribution in [0.5, 0.6) is 0 Å². The van der Waals surface area contributed by atoms with Crippen LogP contribution in [0.3, 0.4) is 0 Å². The van der Waals surface area contributed by atoms with Crippen molar-refractivity contribution in [3.8, 4) is 0 Å². The first-order valence-electron chi connectivity index (χ1n) is 10.2. The lowest BCUT2D eigenvalue weighted by Crippen LogP contribution is -2.54. The molecule has 2 atom stereocenters. The van der Waals surface area contributed by atoms with Crippen molar-refractivity contribution in [3.63, 3.8) is 0 Å². The van der Waals surface area contributed by atoms with E-state index < -0.39 is 30.1 Å². The van der Waals surface area contributed by atoms with E-state index in [1.165, 1.54) is 0 Å². The summed E-state index contributed by atoms with van der Waals surface area (Å²) in [6, 6.07) is 12.8. The number of hydrogen-bond donors (Lipinski definition) is 3. The maximum Gasteiger partial charge on any atom is 0.408 e. The molecule has 0 radical (unpaired) electrons. The zero-order chi connectivity index (χ0) is 23.0. The third kappa shape index (κ3) is 7.44. The van der Waals surface area contributed by atoms with E-state index in [1.807, 2.05) is 62.4 Å². The number of carbonyl (C=O) groups excluding carboxylic acids is 2. The van der Waals surface area contributed by atoms with Gasteiger partial charge in [0.25, 0.3) is 0 Å². The maximum absolute atomic E-state index is 12.8. The molecule has 0 heterocycles. The smallest absolute Gasteiger partial charge is 0.408 e. The summed E-state index contributed by atoms with van der Waals surface area (Å²) in [6.07, 6.45) is -0.593. The average molecular weight is 427 g/mol. The molecule has 7 nitrogen and oxygen atoms in total. The lowest BCUT2D eigenvalue weighted by Gasteiger charge is -2.24. The van der Waals surface area contributed by atoms with E-state index in [1.54, 1.807) is 13.8 Å². The summed E-state index contributed by atoms with van der Waals surface area (Å²) >= 11 is 0. The second kappa shape index (κ2) is 11.2. The lowest BCUT2D eigenvalue weighted by atomic mass is 9.99. The Balaban J connectivity index is 2.00. The van der Waals surface area contributed by atoms with E-state index in [-0.39, 0.29) is 18.9 Å². The highest BCUT2D eigenvalue weighted by molar-refractivity contribution is 5.89. The zero-order valence-corrected chi connectivity index (χ0v) is 18.3. The number of carboxylic acids is 1. The van der Waals surface area contributed by atoms with E-state index in [9.17, 15) is 19.5 Å². The van der Waals surface area contributed by atoms with Crippen molar-refractivity contribution in [2.75, 3.05) is 0 Å². The molecule has 31 heavy (non-hydrogen) atoms. The maximum atomic E-state index is 12.8. The van der Waals surface area contributed by atoms with Gasteiger partial charge in [0.15, 0.2) is 0 Å². The first-order chi connectivity index (χ1) is 14.7. The minimum absolute atomic E-state index is 0.0730. The molecule has 0 fully saturated rings. The summed E-state index contributed by atoms with van der Waals surface area (Å²) in [4.78, 5) is 36.7. The molecule has 0 aliphatic heterocycles. The number of nitrogens with one attached hydrogen (secondary N) is 2. The second-order valence-corrected chi connectivity index (χ2v) is 7.95. The number of ether oxygens (including phenoxy) is 1. The minimum atomic E-state index is -1.14. The van der Waals surface area contributed by atoms with Crippen molar-refractivity contribution in [1.82, 2.24) is 10.6 Å². The molecule has 0 aliphatic carbocycles. The van der Waals surface area contributed by atoms with Gasteiger partial charge in [-0.05, 0) is 42.0 Å². The van der Waals surface area contributed by atoms with Gasteiger partial charge in [-0.3, -0.25) is 4.79 Å². The van der Waals surface area contributed by atoms with E-state index in [2.05, 4.69) is 10.6 Å². The summed E-state index contributed by atoms with van der Waals surface area (Å²) < 4.78 is 5.18. The molecule has 0 saturated carbocycles. The fourth-order valence-corrected chi connectivity index (χ4v) is 3.05. The van der Waals surface area contributed by atoms with Crippen LogP contribution in [-0.2, 0) is 27.4 Å². The van der Waals surface area contributed by atoms with Crippen molar-refractivity contribution in [1.29, 1.82) is 0 Å². The van der Waals surface area contributed by atoms with Gasteiger partial charge in [-0.25, -0.2) is 9.59 Å². The van der Waals surface area contributed by atoms with E-state index in [4.69, 9.17) is 4.74 Å². The molecule has 0 saturated heterocycles. The Labute approximate surface area is 182 Å². The first-order valence-corrected chi connectivity index (χ1v) is 10.2. The van der Waals surface area contributed by atoms with Crippen molar-refractivity contribution in [2.24, 2.45) is 5.92 Å². The Hall–Kier alpha value is -3.35. The number of rotatable bonds is 9. The first kappa shape index (κ1) is 23.9. The Morgan fingerprint density at radius 3 is 2.19 bits per heavy atom. The standard InChI is InChI=1S/C24H30N2O5/c1-15(2)21(26-24(30)31-14-18-8-6-5-7-9-18)22(27)25-20(23(28)29)13-19-11-10-16(3)17(4)12-19/h5-12,15,20-21H,13-14H2,1-4H3,(H,25,27)(H,26,30)(H,28,29)/t20-,21+/m0/s1. The summed E-state index contributed by atoms with van der Waals surface area (Å²) in [7, 11) is 0. The third-order valence-electron chi connectivity index (χ3n) is 5.06. The second-order valence-electron chi connectivity index (χ2n) is 7.95. The number of amides is 2. The molecule has 0 unspecified atom stereocenters. The lowest BCUT2D eigenvalue weighted by molar-refractivity contribution is -0.142. The average Bonchev–Trinajstić information content (AvgIpc) is 2.73. The van der Waals surface area contributed by atoms with Gasteiger partial charge in [0.1, 0.15) is 18.7 Å². The van der Waals surface area contributed by atoms with Crippen LogP contribution < -0.4 is 10.6 Å². The predicted molar refractivity (Wildman–Crippen MR) is 118 cm³/mol. The number of carbonyl (C=O) groups is 3. The van der Waals surface area contributed by atoms with Crippen LogP contribution in [0.1, 0.15) is 36.1 Å². The minimum Gasteiger partial charge on any atom is -0.480 e. The Morgan fingerprint density at radius 1 is 0.935 bits per heavy atom. The van der Waals surface area contributed by atoms with Gasteiger partial charge in [0, 0.05) is 6.42 Å². The van der Waals surface area contributed by atoms with Crippen LogP contribution in [0.25, 0.3) is 0 Å². The van der Waals surface area contributed by atoms with Crippen LogP contribution in [-0.4, -0.2) is 35.2 Å². The van der Waals surface area contributed by atoms with Gasteiger partial charge >= 0.3 is 12.1 Å². The quantitative estimate of drug-likeness (QED) is 0.570. The van der Waals surface area contributed by atoms with Crippen LogP contribution in [0, 0.1) is 19.8 Å². The fourth-order valence-electron chi connectivity index (χ4n) is 3.05. The number of alkyl carbamates (subject to hydrolysis) is 1. The summed E-state index contributed by atoms with van der Waals surface area (Å²) in [6.45, 7) is 7.53. The number of aryl methyl sites for hydroxylation is 2. The molecule has 0 aromatic heterocycles. The van der Waals surface area contributed by atoms with Gasteiger partial charge in [0.05, 0.1) is 0 Å². The van der Waals surface area contributed by atoms with Crippen LogP contribution in [0.15, 0.2) is 48.5 Å². The Bertz CT molecular complexity index is 911. The molecule has 2 aromatic rings. The summed E-state index contributed by atoms with van der Waals surface area (Å²) in [5.74, 6) is -1.97. The van der Waals surface area contributed by atoms with Gasteiger partial charge in [-0.15, -0.1) is 0 Å². The molecular formula is C24H30N2O5. The number of aliphatic carboxylic acids is 1. The van der Waals surface area contributed by atoms with Gasteiger partial charge < -0.3 is 20.5 Å². The largest absolute Gasteiger partial charge is 0.480 e. The Kier molecular flexibility index (Phi) is 8.61. The SMILES string of the molecule is Cc1ccc(C[C@H](NC(=O)[C@H](NC(=O)OCc2ccccc2)C(C)C)C(=O)O)cc1C. The van der Waals surface area contributed by atoms with E-state index >= 15 is 0 Å². The molecule has 2 aromatic carbocycles. The van der Waals surface area contributed by atoms with Gasteiger partial charge in [0.2, 0.25) is 5.91 Å². The highest BCUT2D eigenvalue weighted by atomic mass is 16.5. The predicted octanol–water partition coefficient (Wildman–Crippen LogP) is 3.37. The third-order valence-corrected chi connectivity index (χ3v) is 5.06. The number of carboxylic acid groups (broad SMARTS) is 1. The molecule has 3 N–H and O–H groups in total. The zero-order valence-electron chi connectivity index (χ0n) is 18.3. The van der Waals surface area contributed by atoms with Crippen LogP contribution in [0.2, 0.25) is 0 Å². The van der Waals surface area contributed by atoms with E-state index in [0.29, 0.717) is 0 Å². The summed E-state index contributed by atoms with van der Waals surface area (Å²) in [5.41, 5.74) is 3.79. The molecule has 2 amide bonds. The molecular weight excluding hydrogens is 396 g/mol.